The van der Waals surface area contributed by atoms with Crippen molar-refractivity contribution in [2.75, 3.05) is 4.72 Å². The van der Waals surface area contributed by atoms with E-state index < -0.39 is 10.0 Å². The van der Waals surface area contributed by atoms with Crippen LogP contribution in [0.3, 0.4) is 0 Å². The topological polar surface area (TPSA) is 59.1 Å². The number of benzene rings is 1. The van der Waals surface area contributed by atoms with Gasteiger partial charge in [0.15, 0.2) is 0 Å². The third-order valence-electron chi connectivity index (χ3n) is 3.50. The van der Waals surface area contributed by atoms with E-state index in [-0.39, 0.29) is 10.3 Å². The molecule has 0 unspecified atom stereocenters. The van der Waals surface area contributed by atoms with Crippen LogP contribution in [0.2, 0.25) is 0 Å². The number of aryl methyl sites for hydroxylation is 1. The first-order chi connectivity index (χ1) is 10.2. The van der Waals surface area contributed by atoms with Gasteiger partial charge < -0.3 is 0 Å². The van der Waals surface area contributed by atoms with Gasteiger partial charge in [0.25, 0.3) is 10.0 Å². The minimum Gasteiger partial charge on any atom is -0.263 e. The van der Waals surface area contributed by atoms with Gasteiger partial charge >= 0.3 is 0 Å². The van der Waals surface area contributed by atoms with Crippen LogP contribution in [-0.4, -0.2) is 13.4 Å². The number of sulfonamides is 1. The van der Waals surface area contributed by atoms with Gasteiger partial charge in [-0.3, -0.25) is 4.72 Å². The number of anilines is 1. The molecule has 2 rings (SSSR count). The second-order valence-corrected chi connectivity index (χ2v) is 7.97. The lowest BCUT2D eigenvalue weighted by Gasteiger charge is -2.19. The molecule has 0 fully saturated rings. The molecule has 0 amide bonds. The highest BCUT2D eigenvalue weighted by Crippen LogP contribution is 2.24. The van der Waals surface area contributed by atoms with Crippen LogP contribution in [0.25, 0.3) is 0 Å². The van der Waals surface area contributed by atoms with E-state index in [4.69, 9.17) is 0 Å². The molecule has 0 saturated heterocycles. The quantitative estimate of drug-likeness (QED) is 0.934. The van der Waals surface area contributed by atoms with Crippen molar-refractivity contribution >= 4 is 15.8 Å². The number of pyridine rings is 1. The molecular weight excluding hydrogens is 296 g/mol. The molecular formula is C17H22N2O2S. The van der Waals surface area contributed by atoms with Gasteiger partial charge in [-0.2, -0.15) is 0 Å². The highest BCUT2D eigenvalue weighted by atomic mass is 32.2. The fourth-order valence-corrected chi connectivity index (χ4v) is 3.08. The second-order valence-electron chi connectivity index (χ2n) is 6.28. The second kappa shape index (κ2) is 6.08. The Morgan fingerprint density at radius 2 is 1.73 bits per heavy atom. The van der Waals surface area contributed by atoms with Gasteiger partial charge in [-0.05, 0) is 47.2 Å². The molecule has 0 aliphatic rings. The average Bonchev–Trinajstić information content (AvgIpc) is 2.46. The third kappa shape index (κ3) is 3.85. The Morgan fingerprint density at radius 3 is 2.27 bits per heavy atom. The summed E-state index contributed by atoms with van der Waals surface area (Å²) in [5, 5.41) is 0. The van der Waals surface area contributed by atoms with E-state index in [2.05, 4.69) is 30.5 Å². The van der Waals surface area contributed by atoms with Gasteiger partial charge in [0.05, 0.1) is 4.90 Å². The van der Waals surface area contributed by atoms with E-state index >= 15 is 0 Å². The number of aromatic nitrogens is 1. The molecule has 4 nitrogen and oxygen atoms in total. The Labute approximate surface area is 132 Å². The molecule has 0 spiro atoms. The van der Waals surface area contributed by atoms with E-state index in [1.165, 1.54) is 0 Å². The first-order valence-electron chi connectivity index (χ1n) is 7.30. The van der Waals surface area contributed by atoms with E-state index in [9.17, 15) is 8.42 Å². The van der Waals surface area contributed by atoms with Crippen molar-refractivity contribution in [1.82, 2.24) is 4.98 Å². The fourth-order valence-electron chi connectivity index (χ4n) is 2.08. The van der Waals surface area contributed by atoms with Crippen LogP contribution in [-0.2, 0) is 21.9 Å². The van der Waals surface area contributed by atoms with Crippen molar-refractivity contribution in [3.8, 4) is 0 Å². The zero-order chi connectivity index (χ0) is 16.4. The first-order valence-corrected chi connectivity index (χ1v) is 8.79. The monoisotopic (exact) mass is 318 g/mol. The summed E-state index contributed by atoms with van der Waals surface area (Å²) in [6, 6.07) is 10.6. The predicted molar refractivity (Wildman–Crippen MR) is 89.6 cm³/mol. The summed E-state index contributed by atoms with van der Waals surface area (Å²) in [7, 11) is -3.61. The van der Waals surface area contributed by atoms with E-state index in [1.807, 2.05) is 25.1 Å². The lowest BCUT2D eigenvalue weighted by atomic mass is 9.87. The molecule has 1 heterocycles. The van der Waals surface area contributed by atoms with Gasteiger partial charge in [0, 0.05) is 6.20 Å². The summed E-state index contributed by atoms with van der Waals surface area (Å²) >= 11 is 0. The fraction of sp³-hybridized carbons (Fsp3) is 0.353. The Kier molecular flexibility index (Phi) is 4.56. The maximum Gasteiger partial charge on any atom is 0.263 e. The standard InChI is InChI=1S/C17H22N2O2S/c1-5-13-10-11-18-16(12-13)19-22(20,21)15-8-6-14(7-9-15)17(2,3)4/h6-12H,5H2,1-4H3,(H,18,19). The van der Waals surface area contributed by atoms with Gasteiger partial charge in [0.1, 0.15) is 5.82 Å². The Morgan fingerprint density at radius 1 is 1.09 bits per heavy atom. The summed E-state index contributed by atoms with van der Waals surface area (Å²) in [6.07, 6.45) is 2.44. The molecule has 1 aromatic heterocycles. The predicted octanol–water partition coefficient (Wildman–Crippen LogP) is 3.74. The van der Waals surface area contributed by atoms with Crippen LogP contribution in [0.1, 0.15) is 38.8 Å². The maximum atomic E-state index is 12.4. The number of hydrogen-bond donors (Lipinski definition) is 1. The van der Waals surface area contributed by atoms with Crippen LogP contribution in [0, 0.1) is 0 Å². The van der Waals surface area contributed by atoms with Crippen molar-refractivity contribution in [2.45, 2.75) is 44.4 Å². The lowest BCUT2D eigenvalue weighted by Crippen LogP contribution is -2.15. The first kappa shape index (κ1) is 16.5. The maximum absolute atomic E-state index is 12.4. The largest absolute Gasteiger partial charge is 0.263 e. The smallest absolute Gasteiger partial charge is 0.263 e. The van der Waals surface area contributed by atoms with Crippen LogP contribution in [0.15, 0.2) is 47.5 Å². The molecule has 0 atom stereocenters. The number of hydrogen-bond acceptors (Lipinski definition) is 3. The zero-order valence-corrected chi connectivity index (χ0v) is 14.2. The Balaban J connectivity index is 2.26. The minimum atomic E-state index is -3.61. The lowest BCUT2D eigenvalue weighted by molar-refractivity contribution is 0.587. The van der Waals surface area contributed by atoms with Crippen LogP contribution < -0.4 is 4.72 Å². The zero-order valence-electron chi connectivity index (χ0n) is 13.4. The van der Waals surface area contributed by atoms with Gasteiger partial charge in [-0.15, -0.1) is 0 Å². The highest BCUT2D eigenvalue weighted by molar-refractivity contribution is 7.92. The normalized spacial score (nSPS) is 12.2. The van der Waals surface area contributed by atoms with Gasteiger partial charge in [-0.25, -0.2) is 13.4 Å². The summed E-state index contributed by atoms with van der Waals surface area (Å²) in [5.74, 6) is 0.347. The molecule has 118 valence electrons. The number of nitrogens with one attached hydrogen (secondary N) is 1. The van der Waals surface area contributed by atoms with Crippen molar-refractivity contribution in [2.24, 2.45) is 0 Å². The summed E-state index contributed by atoms with van der Waals surface area (Å²) in [6.45, 7) is 8.29. The van der Waals surface area contributed by atoms with Gasteiger partial charge in [-0.1, -0.05) is 39.8 Å². The molecule has 0 radical (unpaired) electrons. The van der Waals surface area contributed by atoms with Crippen molar-refractivity contribution < 1.29 is 8.42 Å². The average molecular weight is 318 g/mol. The van der Waals surface area contributed by atoms with E-state index in [0.29, 0.717) is 5.82 Å². The Hall–Kier alpha value is -1.88. The van der Waals surface area contributed by atoms with Crippen LogP contribution in [0.5, 0.6) is 0 Å². The molecule has 0 aliphatic heterocycles. The van der Waals surface area contributed by atoms with Crippen molar-refractivity contribution in [3.05, 3.63) is 53.7 Å². The minimum absolute atomic E-state index is 0.00721. The van der Waals surface area contributed by atoms with Crippen LogP contribution >= 0.6 is 0 Å². The van der Waals surface area contributed by atoms with Crippen molar-refractivity contribution in [3.63, 3.8) is 0 Å². The molecule has 0 bridgehead atoms. The van der Waals surface area contributed by atoms with Crippen molar-refractivity contribution in [1.29, 1.82) is 0 Å². The highest BCUT2D eigenvalue weighted by Gasteiger charge is 2.18. The van der Waals surface area contributed by atoms with Gasteiger partial charge in [0.2, 0.25) is 0 Å². The molecule has 5 heteroatoms. The molecule has 0 saturated carbocycles. The summed E-state index contributed by atoms with van der Waals surface area (Å²) < 4.78 is 27.4. The SMILES string of the molecule is CCc1ccnc(NS(=O)(=O)c2ccc(C(C)(C)C)cc2)c1. The van der Waals surface area contributed by atoms with E-state index in [0.717, 1.165) is 17.5 Å². The third-order valence-corrected chi connectivity index (χ3v) is 4.87. The Bertz CT molecular complexity index is 745. The number of nitrogens with zero attached hydrogens (tertiary/aromatic N) is 1. The molecule has 2 aromatic rings. The van der Waals surface area contributed by atoms with E-state index in [1.54, 1.807) is 24.4 Å². The summed E-state index contributed by atoms with van der Waals surface area (Å²) in [5.41, 5.74) is 2.13. The number of rotatable bonds is 4. The molecule has 1 aromatic carbocycles. The van der Waals surface area contributed by atoms with Crippen LogP contribution in [0.4, 0.5) is 5.82 Å². The summed E-state index contributed by atoms with van der Waals surface area (Å²) in [4.78, 5) is 4.30. The molecule has 1 N–H and O–H groups in total. The molecule has 0 aliphatic carbocycles. The molecule has 22 heavy (non-hydrogen) atoms.